The zero-order valence-electron chi connectivity index (χ0n) is 13.7. The summed E-state index contributed by atoms with van der Waals surface area (Å²) in [6.45, 7) is 3.65. The molecule has 2 rings (SSSR count). The first-order chi connectivity index (χ1) is 11.9. The Balaban J connectivity index is 1.88. The quantitative estimate of drug-likeness (QED) is 0.475. The summed E-state index contributed by atoms with van der Waals surface area (Å²) in [5, 5.41) is 23.8. The van der Waals surface area contributed by atoms with Gasteiger partial charge in [0.15, 0.2) is 12.4 Å². The van der Waals surface area contributed by atoms with Crippen LogP contribution in [-0.2, 0) is 4.79 Å². The molecule has 0 aliphatic heterocycles. The Morgan fingerprint density at radius 1 is 1.32 bits per heavy atom. The lowest BCUT2D eigenvalue weighted by Crippen LogP contribution is -2.24. The summed E-state index contributed by atoms with van der Waals surface area (Å²) in [4.78, 5) is 21.6. The molecule has 2 N–H and O–H groups in total. The number of hydrazone groups is 1. The van der Waals surface area contributed by atoms with Crippen molar-refractivity contribution in [2.75, 3.05) is 6.61 Å². The van der Waals surface area contributed by atoms with Crippen LogP contribution < -0.4 is 10.2 Å². The van der Waals surface area contributed by atoms with Gasteiger partial charge in [0.1, 0.15) is 5.75 Å². The lowest BCUT2D eigenvalue weighted by atomic mass is 10.1. The van der Waals surface area contributed by atoms with Crippen molar-refractivity contribution in [3.05, 3.63) is 63.2 Å². The maximum Gasteiger partial charge on any atom is 0.310 e. The predicted molar refractivity (Wildman–Crippen MR) is 91.9 cm³/mol. The number of nitro groups is 1. The van der Waals surface area contributed by atoms with E-state index in [9.17, 15) is 20.0 Å². The van der Waals surface area contributed by atoms with Crippen LogP contribution in [0.25, 0.3) is 0 Å². The molecule has 0 heterocycles. The van der Waals surface area contributed by atoms with E-state index in [1.165, 1.54) is 18.3 Å². The van der Waals surface area contributed by atoms with Crippen molar-refractivity contribution >= 4 is 17.8 Å². The summed E-state index contributed by atoms with van der Waals surface area (Å²) in [6.07, 6.45) is 1.26. The molecule has 8 heteroatoms. The molecule has 25 heavy (non-hydrogen) atoms. The number of carbonyl (C=O) groups excluding carboxylic acids is 1. The number of phenols is 1. The number of nitrogens with one attached hydrogen (secondary N) is 1. The van der Waals surface area contributed by atoms with Gasteiger partial charge in [-0.3, -0.25) is 14.9 Å². The number of amides is 1. The Labute approximate surface area is 143 Å². The Morgan fingerprint density at radius 2 is 2.08 bits per heavy atom. The SMILES string of the molecule is Cc1ccc(OCC(=O)N/N=C\c2ccc([N+](=O)[O-])c(O)c2)c(C)c1. The average molecular weight is 343 g/mol. The maximum absolute atomic E-state index is 11.7. The largest absolute Gasteiger partial charge is 0.502 e. The van der Waals surface area contributed by atoms with Crippen molar-refractivity contribution in [1.82, 2.24) is 5.43 Å². The number of hydrogen-bond acceptors (Lipinski definition) is 6. The second kappa shape index (κ2) is 7.91. The van der Waals surface area contributed by atoms with Crippen molar-refractivity contribution in [1.29, 1.82) is 0 Å². The molecule has 8 nitrogen and oxygen atoms in total. The van der Waals surface area contributed by atoms with E-state index in [1.54, 1.807) is 6.07 Å². The van der Waals surface area contributed by atoms with Crippen molar-refractivity contribution in [2.45, 2.75) is 13.8 Å². The number of ether oxygens (including phenoxy) is 1. The maximum atomic E-state index is 11.7. The number of nitrogens with zero attached hydrogens (tertiary/aromatic N) is 2. The molecule has 0 aliphatic carbocycles. The molecule has 2 aromatic rings. The lowest BCUT2D eigenvalue weighted by Gasteiger charge is -2.08. The third-order valence-electron chi connectivity index (χ3n) is 3.29. The van der Waals surface area contributed by atoms with Gasteiger partial charge in [-0.05, 0) is 43.2 Å². The van der Waals surface area contributed by atoms with Gasteiger partial charge in [-0.1, -0.05) is 17.7 Å². The Bertz CT molecular complexity index is 833. The third-order valence-corrected chi connectivity index (χ3v) is 3.29. The van der Waals surface area contributed by atoms with E-state index in [0.717, 1.165) is 17.2 Å². The van der Waals surface area contributed by atoms with Crippen molar-refractivity contribution in [2.24, 2.45) is 5.10 Å². The molecular formula is C17H17N3O5. The molecule has 0 saturated carbocycles. The number of aryl methyl sites for hydroxylation is 2. The van der Waals surface area contributed by atoms with Crippen LogP contribution in [0, 0.1) is 24.0 Å². The standard InChI is InChI=1S/C17H17N3O5/c1-11-3-6-16(12(2)7-11)25-10-17(22)19-18-9-13-4-5-14(20(23)24)15(21)8-13/h3-9,21H,10H2,1-2H3,(H,19,22)/b18-9-. The van der Waals surface area contributed by atoms with E-state index in [4.69, 9.17) is 4.74 Å². The average Bonchev–Trinajstić information content (AvgIpc) is 2.53. The first kappa shape index (κ1) is 17.9. The fourth-order valence-electron chi connectivity index (χ4n) is 2.09. The van der Waals surface area contributed by atoms with Gasteiger partial charge in [0.05, 0.1) is 11.1 Å². The van der Waals surface area contributed by atoms with E-state index in [1.807, 2.05) is 26.0 Å². The molecule has 2 aromatic carbocycles. The van der Waals surface area contributed by atoms with Crippen LogP contribution in [0.3, 0.4) is 0 Å². The summed E-state index contributed by atoms with van der Waals surface area (Å²) in [7, 11) is 0. The highest BCUT2D eigenvalue weighted by molar-refractivity contribution is 5.83. The molecular weight excluding hydrogens is 326 g/mol. The van der Waals surface area contributed by atoms with E-state index in [0.29, 0.717) is 11.3 Å². The molecule has 0 bridgehead atoms. The van der Waals surface area contributed by atoms with E-state index in [2.05, 4.69) is 10.5 Å². The summed E-state index contributed by atoms with van der Waals surface area (Å²) < 4.78 is 5.42. The number of phenolic OH excluding ortho intramolecular Hbond substituents is 1. The summed E-state index contributed by atoms with van der Waals surface area (Å²) in [5.41, 5.74) is 4.31. The van der Waals surface area contributed by atoms with Gasteiger partial charge >= 0.3 is 5.69 Å². The Hall–Kier alpha value is -3.42. The number of carbonyl (C=O) groups is 1. The van der Waals surface area contributed by atoms with Crippen LogP contribution in [0.15, 0.2) is 41.5 Å². The topological polar surface area (TPSA) is 114 Å². The van der Waals surface area contributed by atoms with Crippen molar-refractivity contribution in [3.63, 3.8) is 0 Å². The molecule has 0 atom stereocenters. The molecule has 0 radical (unpaired) electrons. The molecule has 0 unspecified atom stereocenters. The van der Waals surface area contributed by atoms with Gasteiger partial charge in [0.2, 0.25) is 0 Å². The first-order valence-electron chi connectivity index (χ1n) is 7.36. The summed E-state index contributed by atoms with van der Waals surface area (Å²) in [5.74, 6) is -0.314. The van der Waals surface area contributed by atoms with Gasteiger partial charge in [-0.25, -0.2) is 5.43 Å². The number of benzene rings is 2. The lowest BCUT2D eigenvalue weighted by molar-refractivity contribution is -0.385. The highest BCUT2D eigenvalue weighted by Crippen LogP contribution is 2.25. The van der Waals surface area contributed by atoms with Crippen LogP contribution in [0.1, 0.15) is 16.7 Å². The van der Waals surface area contributed by atoms with Crippen LogP contribution >= 0.6 is 0 Å². The third kappa shape index (κ3) is 5.03. The highest BCUT2D eigenvalue weighted by atomic mass is 16.6. The number of hydrogen-bond donors (Lipinski definition) is 2. The number of nitro benzene ring substituents is 1. The predicted octanol–water partition coefficient (Wildman–Crippen LogP) is 2.45. The van der Waals surface area contributed by atoms with E-state index >= 15 is 0 Å². The van der Waals surface area contributed by atoms with Gasteiger partial charge in [-0.2, -0.15) is 5.10 Å². The Kier molecular flexibility index (Phi) is 5.67. The van der Waals surface area contributed by atoms with E-state index < -0.39 is 22.3 Å². The van der Waals surface area contributed by atoms with Crippen LogP contribution in [0.4, 0.5) is 5.69 Å². The molecule has 0 aromatic heterocycles. The Morgan fingerprint density at radius 3 is 2.72 bits per heavy atom. The zero-order valence-corrected chi connectivity index (χ0v) is 13.7. The second-order valence-corrected chi connectivity index (χ2v) is 5.36. The van der Waals surface area contributed by atoms with Gasteiger partial charge in [0.25, 0.3) is 5.91 Å². The minimum Gasteiger partial charge on any atom is -0.502 e. The minimum absolute atomic E-state index is 0.202. The zero-order chi connectivity index (χ0) is 18.4. The molecule has 0 fully saturated rings. The molecule has 130 valence electrons. The molecule has 1 amide bonds. The monoisotopic (exact) mass is 343 g/mol. The number of aromatic hydroxyl groups is 1. The van der Waals surface area contributed by atoms with E-state index in [-0.39, 0.29) is 6.61 Å². The normalized spacial score (nSPS) is 10.6. The van der Waals surface area contributed by atoms with Gasteiger partial charge < -0.3 is 9.84 Å². The molecule has 0 aliphatic rings. The van der Waals surface area contributed by atoms with Crippen LogP contribution in [0.5, 0.6) is 11.5 Å². The number of rotatable bonds is 6. The van der Waals surface area contributed by atoms with Crippen LogP contribution in [-0.4, -0.2) is 28.8 Å². The summed E-state index contributed by atoms with van der Waals surface area (Å²) >= 11 is 0. The highest BCUT2D eigenvalue weighted by Gasteiger charge is 2.12. The fourth-order valence-corrected chi connectivity index (χ4v) is 2.09. The van der Waals surface area contributed by atoms with Gasteiger partial charge in [0, 0.05) is 6.07 Å². The van der Waals surface area contributed by atoms with Crippen molar-refractivity contribution in [3.8, 4) is 11.5 Å². The fraction of sp³-hybridized carbons (Fsp3) is 0.176. The first-order valence-corrected chi connectivity index (χ1v) is 7.36. The second-order valence-electron chi connectivity index (χ2n) is 5.36. The smallest absolute Gasteiger partial charge is 0.310 e. The summed E-state index contributed by atoms with van der Waals surface area (Å²) in [6, 6.07) is 9.37. The minimum atomic E-state index is -0.692. The van der Waals surface area contributed by atoms with Crippen molar-refractivity contribution < 1.29 is 19.6 Å². The molecule has 0 spiro atoms. The van der Waals surface area contributed by atoms with Crippen LogP contribution in [0.2, 0.25) is 0 Å². The van der Waals surface area contributed by atoms with Gasteiger partial charge in [-0.15, -0.1) is 0 Å². The molecule has 0 saturated heterocycles.